The lowest BCUT2D eigenvalue weighted by atomic mass is 10.0. The van der Waals surface area contributed by atoms with Gasteiger partial charge in [-0.2, -0.15) is 0 Å². The molecule has 0 aliphatic carbocycles. The minimum Gasteiger partial charge on any atom is -0.399 e. The van der Waals surface area contributed by atoms with E-state index in [9.17, 15) is 0 Å². The second-order valence-corrected chi connectivity index (χ2v) is 5.39. The highest BCUT2D eigenvalue weighted by molar-refractivity contribution is 5.85. The molecule has 4 nitrogen and oxygen atoms in total. The van der Waals surface area contributed by atoms with E-state index in [1.807, 2.05) is 36.5 Å². The second kappa shape index (κ2) is 5.40. The van der Waals surface area contributed by atoms with E-state index in [0.717, 1.165) is 27.7 Å². The van der Waals surface area contributed by atoms with Gasteiger partial charge in [0, 0.05) is 23.3 Å². The summed E-state index contributed by atoms with van der Waals surface area (Å²) in [6.07, 6.45) is 1.85. The van der Waals surface area contributed by atoms with Crippen LogP contribution in [0.2, 0.25) is 0 Å². The molecule has 4 heteroatoms. The van der Waals surface area contributed by atoms with E-state index < -0.39 is 0 Å². The number of benzene rings is 2. The van der Waals surface area contributed by atoms with Crippen LogP contribution in [0.5, 0.6) is 0 Å². The van der Waals surface area contributed by atoms with Gasteiger partial charge in [-0.15, -0.1) is 0 Å². The fraction of sp³-hybridized carbons (Fsp3) is 0.176. The van der Waals surface area contributed by atoms with Crippen molar-refractivity contribution in [2.24, 2.45) is 0 Å². The zero-order valence-corrected chi connectivity index (χ0v) is 12.2. The number of nitrogens with two attached hydrogens (primary N) is 1. The molecule has 21 heavy (non-hydrogen) atoms. The largest absolute Gasteiger partial charge is 0.399 e. The number of nitrogens with zero attached hydrogens (tertiary/aromatic N) is 2. The molecule has 0 amide bonds. The standard InChI is InChI=1S/C17H18N4/c1-11(2)20-17-19-10-14-8-13(6-7-16(14)21-17)12-4-3-5-15(18)9-12/h3-11H,18H2,1-2H3,(H,19,20,21). The van der Waals surface area contributed by atoms with E-state index in [-0.39, 0.29) is 0 Å². The number of hydrogen-bond donors (Lipinski definition) is 2. The summed E-state index contributed by atoms with van der Waals surface area (Å²) in [6, 6.07) is 14.3. The Labute approximate surface area is 124 Å². The molecule has 2 aromatic carbocycles. The molecule has 0 saturated heterocycles. The Kier molecular flexibility index (Phi) is 3.44. The normalized spacial score (nSPS) is 11.0. The predicted octanol–water partition coefficient (Wildman–Crippen LogP) is 3.70. The van der Waals surface area contributed by atoms with Crippen molar-refractivity contribution in [3.63, 3.8) is 0 Å². The molecule has 0 saturated carbocycles. The number of fused-ring (bicyclic) bond motifs is 1. The molecule has 0 aliphatic rings. The van der Waals surface area contributed by atoms with E-state index >= 15 is 0 Å². The van der Waals surface area contributed by atoms with Crippen molar-refractivity contribution in [1.82, 2.24) is 9.97 Å². The van der Waals surface area contributed by atoms with Crippen LogP contribution in [0, 0.1) is 0 Å². The van der Waals surface area contributed by atoms with Crippen molar-refractivity contribution in [2.75, 3.05) is 11.1 Å². The van der Waals surface area contributed by atoms with Crippen molar-refractivity contribution in [3.8, 4) is 11.1 Å². The molecule has 0 fully saturated rings. The van der Waals surface area contributed by atoms with Gasteiger partial charge in [-0.1, -0.05) is 18.2 Å². The lowest BCUT2D eigenvalue weighted by Gasteiger charge is -2.09. The minimum absolute atomic E-state index is 0.314. The summed E-state index contributed by atoms with van der Waals surface area (Å²) >= 11 is 0. The van der Waals surface area contributed by atoms with Crippen LogP contribution in [0.4, 0.5) is 11.6 Å². The molecule has 1 aromatic heterocycles. The molecular weight excluding hydrogens is 260 g/mol. The summed E-state index contributed by atoms with van der Waals surface area (Å²) in [6.45, 7) is 4.13. The van der Waals surface area contributed by atoms with Gasteiger partial charge in [0.05, 0.1) is 5.52 Å². The summed E-state index contributed by atoms with van der Waals surface area (Å²) in [5, 5.41) is 4.23. The third-order valence-electron chi connectivity index (χ3n) is 3.22. The number of anilines is 2. The molecule has 0 spiro atoms. The summed E-state index contributed by atoms with van der Waals surface area (Å²) in [7, 11) is 0. The number of nitrogen functional groups attached to an aromatic ring is 1. The fourth-order valence-corrected chi connectivity index (χ4v) is 2.26. The first-order valence-corrected chi connectivity index (χ1v) is 7.01. The third-order valence-corrected chi connectivity index (χ3v) is 3.22. The molecule has 0 aliphatic heterocycles. The van der Waals surface area contributed by atoms with Crippen LogP contribution in [0.15, 0.2) is 48.7 Å². The van der Waals surface area contributed by atoms with E-state index in [4.69, 9.17) is 5.73 Å². The monoisotopic (exact) mass is 278 g/mol. The summed E-state index contributed by atoms with van der Waals surface area (Å²) in [4.78, 5) is 8.87. The van der Waals surface area contributed by atoms with Crippen LogP contribution in [0.3, 0.4) is 0 Å². The van der Waals surface area contributed by atoms with Crippen molar-refractivity contribution in [2.45, 2.75) is 19.9 Å². The molecule has 3 N–H and O–H groups in total. The van der Waals surface area contributed by atoms with Gasteiger partial charge in [0.25, 0.3) is 0 Å². The lowest BCUT2D eigenvalue weighted by Crippen LogP contribution is -2.12. The molecule has 3 aromatic rings. The van der Waals surface area contributed by atoms with Gasteiger partial charge in [0.2, 0.25) is 5.95 Å². The van der Waals surface area contributed by atoms with Crippen molar-refractivity contribution < 1.29 is 0 Å². The van der Waals surface area contributed by atoms with Gasteiger partial charge >= 0.3 is 0 Å². The molecule has 106 valence electrons. The molecule has 0 radical (unpaired) electrons. The SMILES string of the molecule is CC(C)Nc1ncc2cc(-c3cccc(N)c3)ccc2n1. The maximum atomic E-state index is 5.84. The number of aromatic nitrogens is 2. The van der Waals surface area contributed by atoms with Gasteiger partial charge in [-0.05, 0) is 49.2 Å². The smallest absolute Gasteiger partial charge is 0.223 e. The maximum absolute atomic E-state index is 5.84. The van der Waals surface area contributed by atoms with Gasteiger partial charge < -0.3 is 11.1 Å². The highest BCUT2D eigenvalue weighted by Gasteiger charge is 2.04. The Balaban J connectivity index is 2.01. The highest BCUT2D eigenvalue weighted by atomic mass is 15.1. The molecule has 1 heterocycles. The summed E-state index contributed by atoms with van der Waals surface area (Å²) in [5.41, 5.74) is 9.75. The first kappa shape index (κ1) is 13.4. The zero-order valence-electron chi connectivity index (χ0n) is 12.2. The Bertz CT molecular complexity index is 781. The molecule has 0 unspecified atom stereocenters. The third kappa shape index (κ3) is 2.94. The first-order valence-electron chi connectivity index (χ1n) is 7.01. The van der Waals surface area contributed by atoms with Gasteiger partial charge in [0.15, 0.2) is 0 Å². The summed E-state index contributed by atoms with van der Waals surface area (Å²) in [5.74, 6) is 0.661. The minimum atomic E-state index is 0.314. The predicted molar refractivity (Wildman–Crippen MR) is 88.1 cm³/mol. The Morgan fingerprint density at radius 3 is 2.62 bits per heavy atom. The van der Waals surface area contributed by atoms with E-state index in [0.29, 0.717) is 12.0 Å². The second-order valence-electron chi connectivity index (χ2n) is 5.39. The number of nitrogens with one attached hydrogen (secondary N) is 1. The van der Waals surface area contributed by atoms with Crippen LogP contribution in [-0.4, -0.2) is 16.0 Å². The fourth-order valence-electron chi connectivity index (χ4n) is 2.26. The van der Waals surface area contributed by atoms with Crippen LogP contribution in [0.1, 0.15) is 13.8 Å². The Hall–Kier alpha value is -2.62. The topological polar surface area (TPSA) is 63.8 Å². The molecule has 0 bridgehead atoms. The number of hydrogen-bond acceptors (Lipinski definition) is 4. The van der Waals surface area contributed by atoms with Gasteiger partial charge in [-0.3, -0.25) is 0 Å². The van der Waals surface area contributed by atoms with Crippen LogP contribution in [-0.2, 0) is 0 Å². The highest BCUT2D eigenvalue weighted by Crippen LogP contribution is 2.25. The molecular formula is C17H18N4. The van der Waals surface area contributed by atoms with Gasteiger partial charge in [-0.25, -0.2) is 9.97 Å². The van der Waals surface area contributed by atoms with E-state index in [1.165, 1.54) is 0 Å². The number of rotatable bonds is 3. The maximum Gasteiger partial charge on any atom is 0.223 e. The van der Waals surface area contributed by atoms with E-state index in [2.05, 4.69) is 41.3 Å². The Morgan fingerprint density at radius 2 is 1.86 bits per heavy atom. The lowest BCUT2D eigenvalue weighted by molar-refractivity contribution is 0.878. The van der Waals surface area contributed by atoms with Crippen LogP contribution >= 0.6 is 0 Å². The quantitative estimate of drug-likeness (QED) is 0.717. The van der Waals surface area contributed by atoms with Crippen LogP contribution < -0.4 is 11.1 Å². The zero-order chi connectivity index (χ0) is 14.8. The first-order chi connectivity index (χ1) is 10.1. The van der Waals surface area contributed by atoms with Crippen molar-refractivity contribution in [3.05, 3.63) is 48.7 Å². The molecule has 3 rings (SSSR count). The average Bonchev–Trinajstić information content (AvgIpc) is 2.46. The van der Waals surface area contributed by atoms with Crippen molar-refractivity contribution >= 4 is 22.5 Å². The molecule has 0 atom stereocenters. The van der Waals surface area contributed by atoms with E-state index in [1.54, 1.807) is 0 Å². The van der Waals surface area contributed by atoms with Crippen molar-refractivity contribution in [1.29, 1.82) is 0 Å². The van der Waals surface area contributed by atoms with Crippen LogP contribution in [0.25, 0.3) is 22.0 Å². The van der Waals surface area contributed by atoms with Gasteiger partial charge in [0.1, 0.15) is 0 Å². The summed E-state index contributed by atoms with van der Waals surface area (Å²) < 4.78 is 0. The average molecular weight is 278 g/mol. The Morgan fingerprint density at radius 1 is 1.05 bits per heavy atom.